The van der Waals surface area contributed by atoms with Gasteiger partial charge in [-0.25, -0.2) is 4.98 Å². The Kier molecular flexibility index (Phi) is 4.44. The quantitative estimate of drug-likeness (QED) is 0.786. The van der Waals surface area contributed by atoms with Crippen molar-refractivity contribution in [1.82, 2.24) is 9.88 Å². The number of aliphatic imine (C=N–C) groups is 1. The maximum absolute atomic E-state index is 13.9. The molecule has 2 aromatic rings. The van der Waals surface area contributed by atoms with Crippen molar-refractivity contribution in [3.8, 4) is 5.88 Å². The molecule has 1 spiro atoms. The average Bonchev–Trinajstić information content (AvgIpc) is 3.34. The minimum absolute atomic E-state index is 0.0436. The molecule has 1 fully saturated rings. The zero-order chi connectivity index (χ0) is 22.7. The number of nitrogens with zero attached hydrogens (tertiary/aromatic N) is 3. The van der Waals surface area contributed by atoms with E-state index in [-0.39, 0.29) is 36.5 Å². The summed E-state index contributed by atoms with van der Waals surface area (Å²) < 4.78 is 49.2. The molecule has 10 heteroatoms. The SMILES string of the molecule is COc1ccc2c(n1)C1(CN=C2N)C(=O)N(Cc2ccc(C(F)(F)F)o2)C2C=CC=CC21. The van der Waals surface area contributed by atoms with Crippen LogP contribution in [0.4, 0.5) is 13.2 Å². The summed E-state index contributed by atoms with van der Waals surface area (Å²) >= 11 is 0. The molecule has 7 nitrogen and oxygen atoms in total. The van der Waals surface area contributed by atoms with Crippen LogP contribution in [-0.4, -0.2) is 41.3 Å². The average molecular weight is 444 g/mol. The molecule has 166 valence electrons. The first-order chi connectivity index (χ1) is 15.3. The summed E-state index contributed by atoms with van der Waals surface area (Å²) in [4.78, 5) is 24.4. The van der Waals surface area contributed by atoms with Gasteiger partial charge in [0.1, 0.15) is 17.0 Å². The molecule has 2 aliphatic heterocycles. The number of alkyl halides is 3. The molecule has 1 saturated heterocycles. The number of ether oxygens (including phenoxy) is 1. The second kappa shape index (κ2) is 6.98. The van der Waals surface area contributed by atoms with Gasteiger partial charge in [-0.3, -0.25) is 9.79 Å². The monoisotopic (exact) mass is 444 g/mol. The number of aromatic nitrogens is 1. The van der Waals surface area contributed by atoms with Crippen molar-refractivity contribution in [2.24, 2.45) is 16.6 Å². The first kappa shape index (κ1) is 20.3. The zero-order valence-electron chi connectivity index (χ0n) is 17.0. The van der Waals surface area contributed by atoms with Crippen LogP contribution in [0.5, 0.6) is 5.88 Å². The highest BCUT2D eigenvalue weighted by Crippen LogP contribution is 2.49. The van der Waals surface area contributed by atoms with E-state index in [1.54, 1.807) is 12.1 Å². The van der Waals surface area contributed by atoms with Gasteiger partial charge in [0.2, 0.25) is 17.5 Å². The predicted molar refractivity (Wildman–Crippen MR) is 108 cm³/mol. The van der Waals surface area contributed by atoms with E-state index in [4.69, 9.17) is 14.9 Å². The van der Waals surface area contributed by atoms with Gasteiger partial charge in [0.25, 0.3) is 0 Å². The van der Waals surface area contributed by atoms with E-state index in [0.29, 0.717) is 17.1 Å². The highest BCUT2D eigenvalue weighted by atomic mass is 19.4. The molecule has 32 heavy (non-hydrogen) atoms. The fraction of sp³-hybridized carbons (Fsp3) is 0.318. The molecule has 4 heterocycles. The number of halogens is 3. The number of fused-ring (bicyclic) bond motifs is 4. The maximum Gasteiger partial charge on any atom is 0.449 e. The summed E-state index contributed by atoms with van der Waals surface area (Å²) in [5.41, 5.74) is 5.95. The van der Waals surface area contributed by atoms with Crippen molar-refractivity contribution >= 4 is 11.7 Å². The number of nitrogens with two attached hydrogens (primary N) is 1. The number of carbonyl (C=O) groups is 1. The number of hydrogen-bond acceptors (Lipinski definition) is 6. The summed E-state index contributed by atoms with van der Waals surface area (Å²) in [5.74, 6) is -1.09. The van der Waals surface area contributed by atoms with Gasteiger partial charge in [0.15, 0.2) is 0 Å². The number of rotatable bonds is 3. The highest BCUT2D eigenvalue weighted by Gasteiger charge is 2.61. The second-order valence-corrected chi connectivity index (χ2v) is 7.91. The van der Waals surface area contributed by atoms with Crippen molar-refractivity contribution in [1.29, 1.82) is 0 Å². The van der Waals surface area contributed by atoms with Crippen LogP contribution in [0, 0.1) is 5.92 Å². The molecule has 3 aliphatic rings. The van der Waals surface area contributed by atoms with Crippen molar-refractivity contribution in [3.63, 3.8) is 0 Å². The third-order valence-corrected chi connectivity index (χ3v) is 6.22. The molecular weight excluding hydrogens is 425 g/mol. The second-order valence-electron chi connectivity index (χ2n) is 7.91. The number of likely N-dealkylation sites (tertiary alicyclic amines) is 1. The van der Waals surface area contributed by atoms with E-state index in [2.05, 4.69) is 9.98 Å². The van der Waals surface area contributed by atoms with E-state index >= 15 is 0 Å². The lowest BCUT2D eigenvalue weighted by atomic mass is 9.68. The van der Waals surface area contributed by atoms with Crippen LogP contribution >= 0.6 is 0 Å². The van der Waals surface area contributed by atoms with E-state index in [1.165, 1.54) is 18.1 Å². The fourth-order valence-corrected chi connectivity index (χ4v) is 4.75. The van der Waals surface area contributed by atoms with Crippen LogP contribution in [0.3, 0.4) is 0 Å². The molecule has 3 atom stereocenters. The minimum Gasteiger partial charge on any atom is -0.481 e. The van der Waals surface area contributed by atoms with Gasteiger partial charge in [-0.1, -0.05) is 24.3 Å². The van der Waals surface area contributed by atoms with Gasteiger partial charge < -0.3 is 19.8 Å². The molecule has 1 amide bonds. The third kappa shape index (κ3) is 2.85. The molecule has 1 aliphatic carbocycles. The Morgan fingerprint density at radius 1 is 1.25 bits per heavy atom. The van der Waals surface area contributed by atoms with E-state index in [1.807, 2.05) is 24.3 Å². The van der Waals surface area contributed by atoms with Gasteiger partial charge >= 0.3 is 6.18 Å². The molecule has 5 rings (SSSR count). The number of hydrogen-bond donors (Lipinski definition) is 1. The zero-order valence-corrected chi connectivity index (χ0v) is 17.0. The number of amides is 1. The Balaban J connectivity index is 1.60. The number of carbonyl (C=O) groups excluding carboxylic acids is 1. The van der Waals surface area contributed by atoms with Crippen molar-refractivity contribution in [3.05, 3.63) is 71.3 Å². The third-order valence-electron chi connectivity index (χ3n) is 6.22. The van der Waals surface area contributed by atoms with E-state index < -0.39 is 23.4 Å². The summed E-state index contributed by atoms with van der Waals surface area (Å²) in [5, 5.41) is 0. The fourth-order valence-electron chi connectivity index (χ4n) is 4.75. The number of allylic oxidation sites excluding steroid dienone is 2. The largest absolute Gasteiger partial charge is 0.481 e. The minimum atomic E-state index is -4.60. The van der Waals surface area contributed by atoms with Crippen molar-refractivity contribution < 1.29 is 27.1 Å². The summed E-state index contributed by atoms with van der Waals surface area (Å²) in [6.07, 6.45) is 2.82. The standard InChI is InChI=1S/C22H19F3N4O3/c1-31-17-9-7-13-18(28-17)21(11-27-19(13)26)14-4-2-3-5-15(14)29(20(21)30)10-12-6-8-16(32-12)22(23,24)25/h2-9,14-15H,10-11H2,1H3,(H2,26,27). The Hall–Kier alpha value is -3.56. The predicted octanol–water partition coefficient (Wildman–Crippen LogP) is 2.81. The summed E-state index contributed by atoms with van der Waals surface area (Å²) in [6.45, 7) is -0.0405. The van der Waals surface area contributed by atoms with Crippen LogP contribution in [-0.2, 0) is 22.9 Å². The highest BCUT2D eigenvalue weighted by molar-refractivity contribution is 6.04. The van der Waals surface area contributed by atoms with E-state index in [0.717, 1.165) is 6.07 Å². The van der Waals surface area contributed by atoms with Crippen molar-refractivity contribution in [2.45, 2.75) is 24.2 Å². The van der Waals surface area contributed by atoms with Crippen LogP contribution in [0.25, 0.3) is 0 Å². The molecule has 0 aromatic carbocycles. The van der Waals surface area contributed by atoms with Gasteiger partial charge in [0, 0.05) is 17.5 Å². The Bertz CT molecular complexity index is 1180. The van der Waals surface area contributed by atoms with Gasteiger partial charge in [-0.05, 0) is 18.2 Å². The lowest BCUT2D eigenvalue weighted by Gasteiger charge is -2.35. The van der Waals surface area contributed by atoms with Gasteiger partial charge in [-0.15, -0.1) is 0 Å². The number of amidine groups is 1. The number of methoxy groups -OCH3 is 1. The molecular formula is C22H19F3N4O3. The first-order valence-electron chi connectivity index (χ1n) is 9.93. The number of furan rings is 1. The molecule has 2 aromatic heterocycles. The van der Waals surface area contributed by atoms with Gasteiger partial charge in [0.05, 0.1) is 31.9 Å². The summed E-state index contributed by atoms with van der Waals surface area (Å²) in [7, 11) is 1.48. The van der Waals surface area contributed by atoms with Crippen LogP contribution in [0.1, 0.15) is 22.8 Å². The normalized spacial score (nSPS) is 26.3. The first-order valence-corrected chi connectivity index (χ1v) is 9.93. The Morgan fingerprint density at radius 2 is 2.03 bits per heavy atom. The lowest BCUT2D eigenvalue weighted by molar-refractivity contribution is -0.153. The molecule has 0 saturated carbocycles. The summed E-state index contributed by atoms with van der Waals surface area (Å²) in [6, 6.07) is 5.07. The molecule has 0 bridgehead atoms. The van der Waals surface area contributed by atoms with Crippen LogP contribution in [0.2, 0.25) is 0 Å². The van der Waals surface area contributed by atoms with E-state index in [9.17, 15) is 18.0 Å². The van der Waals surface area contributed by atoms with Crippen LogP contribution in [0.15, 0.2) is 58.0 Å². The molecule has 2 N–H and O–H groups in total. The molecule has 0 radical (unpaired) electrons. The topological polar surface area (TPSA) is 93.9 Å². The Morgan fingerprint density at radius 3 is 2.75 bits per heavy atom. The number of pyridine rings is 1. The van der Waals surface area contributed by atoms with Crippen LogP contribution < -0.4 is 10.5 Å². The van der Waals surface area contributed by atoms with Crippen molar-refractivity contribution in [2.75, 3.05) is 13.7 Å². The maximum atomic E-state index is 13.9. The van der Waals surface area contributed by atoms with Gasteiger partial charge in [-0.2, -0.15) is 13.2 Å². The molecule has 3 unspecified atom stereocenters. The smallest absolute Gasteiger partial charge is 0.449 e. The Labute approximate surface area is 181 Å². The lowest BCUT2D eigenvalue weighted by Crippen LogP contribution is -2.48.